The minimum atomic E-state index is -0.851. The molecule has 0 radical (unpaired) electrons. The Labute approximate surface area is 104 Å². The van der Waals surface area contributed by atoms with Gasteiger partial charge in [-0.15, -0.1) is 0 Å². The first-order valence-electron chi connectivity index (χ1n) is 6.20. The third-order valence-electron chi connectivity index (χ3n) is 3.77. The highest BCUT2D eigenvalue weighted by atomic mass is 16.4. The maximum absolute atomic E-state index is 10.9. The van der Waals surface area contributed by atoms with Crippen molar-refractivity contribution in [3.63, 3.8) is 0 Å². The number of fused-ring (bicyclic) bond motifs is 1. The summed E-state index contributed by atoms with van der Waals surface area (Å²) in [6, 6.07) is 0. The van der Waals surface area contributed by atoms with Crippen LogP contribution in [0.2, 0.25) is 0 Å². The third-order valence-corrected chi connectivity index (χ3v) is 3.77. The van der Waals surface area contributed by atoms with Crippen LogP contribution in [0.1, 0.15) is 42.4 Å². The summed E-state index contributed by atoms with van der Waals surface area (Å²) in [5.41, 5.74) is 1.43. The highest BCUT2D eigenvalue weighted by molar-refractivity contribution is 5.70. The van der Waals surface area contributed by atoms with Crippen molar-refractivity contribution in [2.24, 2.45) is 7.05 Å². The van der Waals surface area contributed by atoms with Gasteiger partial charge in [0, 0.05) is 13.0 Å². The second-order valence-electron chi connectivity index (χ2n) is 4.97. The molecule has 0 bridgehead atoms. The molecule has 6 heteroatoms. The molecule has 1 aliphatic carbocycles. The van der Waals surface area contributed by atoms with Gasteiger partial charge >= 0.3 is 5.97 Å². The molecule has 1 saturated carbocycles. The summed E-state index contributed by atoms with van der Waals surface area (Å²) in [5, 5.41) is 13.5. The maximum atomic E-state index is 10.9. The van der Waals surface area contributed by atoms with E-state index in [1.807, 2.05) is 18.5 Å². The summed E-state index contributed by atoms with van der Waals surface area (Å²) in [7, 11) is 1.95. The van der Waals surface area contributed by atoms with E-state index < -0.39 is 5.97 Å². The average molecular weight is 248 g/mol. The van der Waals surface area contributed by atoms with Crippen molar-refractivity contribution in [1.82, 2.24) is 19.2 Å². The number of aliphatic carboxylic acids is 1. The van der Waals surface area contributed by atoms with Crippen LogP contribution in [0.25, 0.3) is 5.78 Å². The molecule has 1 fully saturated rings. The standard InChI is InChI=1S/C12H16N4O2/c1-7-9(6-10(17)18)16-12(13-7)15(2)11(14-16)8-4-3-5-8/h8H,3-6H2,1-2H3,(H,17,18). The van der Waals surface area contributed by atoms with Gasteiger partial charge in [0.2, 0.25) is 5.78 Å². The first-order chi connectivity index (χ1) is 8.58. The highest BCUT2D eigenvalue weighted by Crippen LogP contribution is 2.35. The fourth-order valence-electron chi connectivity index (χ4n) is 2.50. The number of carboxylic acid groups (broad SMARTS) is 1. The van der Waals surface area contributed by atoms with E-state index >= 15 is 0 Å². The first kappa shape index (κ1) is 11.3. The fraction of sp³-hybridized carbons (Fsp3) is 0.583. The predicted molar refractivity (Wildman–Crippen MR) is 64.6 cm³/mol. The molecule has 0 atom stereocenters. The van der Waals surface area contributed by atoms with Crippen molar-refractivity contribution in [2.45, 2.75) is 38.5 Å². The smallest absolute Gasteiger partial charge is 0.309 e. The maximum Gasteiger partial charge on any atom is 0.309 e. The molecule has 2 aromatic heterocycles. The molecule has 0 unspecified atom stereocenters. The van der Waals surface area contributed by atoms with Gasteiger partial charge in [0.1, 0.15) is 5.82 Å². The summed E-state index contributed by atoms with van der Waals surface area (Å²) < 4.78 is 3.68. The monoisotopic (exact) mass is 248 g/mol. The van der Waals surface area contributed by atoms with Crippen LogP contribution in [0, 0.1) is 6.92 Å². The number of carboxylic acids is 1. The van der Waals surface area contributed by atoms with Crippen LogP contribution in [0.3, 0.4) is 0 Å². The van der Waals surface area contributed by atoms with Crippen LogP contribution in [0.4, 0.5) is 0 Å². The molecule has 96 valence electrons. The Kier molecular flexibility index (Phi) is 2.39. The van der Waals surface area contributed by atoms with E-state index in [0.29, 0.717) is 11.6 Å². The van der Waals surface area contributed by atoms with E-state index in [2.05, 4.69) is 10.1 Å². The number of carbonyl (C=O) groups is 1. The number of aromatic nitrogens is 4. The zero-order valence-corrected chi connectivity index (χ0v) is 10.6. The van der Waals surface area contributed by atoms with Crippen molar-refractivity contribution in [3.8, 4) is 0 Å². The minimum absolute atomic E-state index is 0.0336. The SMILES string of the molecule is Cc1nc2n(C)c(C3CCC3)nn2c1CC(=O)O. The van der Waals surface area contributed by atoms with Crippen LogP contribution in [-0.2, 0) is 18.3 Å². The van der Waals surface area contributed by atoms with Crippen LogP contribution in [-0.4, -0.2) is 30.2 Å². The Morgan fingerprint density at radius 2 is 2.22 bits per heavy atom. The molecule has 18 heavy (non-hydrogen) atoms. The lowest BCUT2D eigenvalue weighted by molar-refractivity contribution is -0.136. The lowest BCUT2D eigenvalue weighted by Gasteiger charge is -2.23. The summed E-state index contributed by atoms with van der Waals surface area (Å²) >= 11 is 0. The van der Waals surface area contributed by atoms with Crippen LogP contribution < -0.4 is 0 Å². The largest absolute Gasteiger partial charge is 0.481 e. The topological polar surface area (TPSA) is 72.4 Å². The number of rotatable bonds is 3. The van der Waals surface area contributed by atoms with Crippen LogP contribution in [0.15, 0.2) is 0 Å². The Balaban J connectivity index is 2.12. The molecule has 1 N–H and O–H groups in total. The van der Waals surface area contributed by atoms with E-state index in [-0.39, 0.29) is 6.42 Å². The van der Waals surface area contributed by atoms with Crippen molar-refractivity contribution in [1.29, 1.82) is 0 Å². The molecule has 0 spiro atoms. The van der Waals surface area contributed by atoms with Gasteiger partial charge in [0.15, 0.2) is 0 Å². The molecule has 3 rings (SSSR count). The molecule has 2 aromatic rings. The summed E-state index contributed by atoms with van der Waals surface area (Å²) in [6.07, 6.45) is 3.55. The summed E-state index contributed by atoms with van der Waals surface area (Å²) in [5.74, 6) is 1.42. The van der Waals surface area contributed by atoms with E-state index in [9.17, 15) is 4.79 Å². The summed E-state index contributed by atoms with van der Waals surface area (Å²) in [4.78, 5) is 15.3. The first-order valence-corrected chi connectivity index (χ1v) is 6.20. The normalized spacial score (nSPS) is 16.1. The van der Waals surface area contributed by atoms with Gasteiger partial charge in [0.25, 0.3) is 0 Å². The molecule has 0 amide bonds. The van der Waals surface area contributed by atoms with Crippen molar-refractivity contribution < 1.29 is 9.90 Å². The van der Waals surface area contributed by atoms with Crippen LogP contribution >= 0.6 is 0 Å². The molecule has 2 heterocycles. The summed E-state index contributed by atoms with van der Waals surface area (Å²) in [6.45, 7) is 1.83. The number of imidazole rings is 1. The number of nitrogens with zero attached hydrogens (tertiary/aromatic N) is 4. The van der Waals surface area contributed by atoms with Crippen molar-refractivity contribution >= 4 is 11.7 Å². The Bertz CT molecular complexity index is 622. The van der Waals surface area contributed by atoms with Gasteiger partial charge < -0.3 is 5.11 Å². The molecule has 6 nitrogen and oxygen atoms in total. The minimum Gasteiger partial charge on any atom is -0.481 e. The second kappa shape index (κ2) is 3.83. The number of hydrogen-bond donors (Lipinski definition) is 1. The van der Waals surface area contributed by atoms with E-state index in [1.165, 1.54) is 19.3 Å². The average Bonchev–Trinajstić information content (AvgIpc) is 2.67. The van der Waals surface area contributed by atoms with E-state index in [1.54, 1.807) is 4.52 Å². The molecule has 0 saturated heterocycles. The van der Waals surface area contributed by atoms with Gasteiger partial charge in [-0.05, 0) is 19.8 Å². The van der Waals surface area contributed by atoms with Crippen molar-refractivity contribution in [2.75, 3.05) is 0 Å². The molecule has 0 aliphatic heterocycles. The van der Waals surface area contributed by atoms with Gasteiger partial charge in [-0.3, -0.25) is 9.36 Å². The molecule has 1 aliphatic rings. The van der Waals surface area contributed by atoms with E-state index in [4.69, 9.17) is 5.11 Å². The van der Waals surface area contributed by atoms with Crippen LogP contribution in [0.5, 0.6) is 0 Å². The molecular formula is C12H16N4O2. The van der Waals surface area contributed by atoms with E-state index in [0.717, 1.165) is 17.3 Å². The fourth-order valence-corrected chi connectivity index (χ4v) is 2.50. The lowest BCUT2D eigenvalue weighted by Crippen LogP contribution is -2.14. The molecular weight excluding hydrogens is 232 g/mol. The number of hydrogen-bond acceptors (Lipinski definition) is 3. The van der Waals surface area contributed by atoms with Gasteiger partial charge in [-0.1, -0.05) is 6.42 Å². The number of aryl methyl sites for hydroxylation is 2. The van der Waals surface area contributed by atoms with Crippen molar-refractivity contribution in [3.05, 3.63) is 17.2 Å². The Morgan fingerprint density at radius 1 is 1.50 bits per heavy atom. The predicted octanol–water partition coefficient (Wildman–Crippen LogP) is 1.27. The van der Waals surface area contributed by atoms with Gasteiger partial charge in [-0.25, -0.2) is 9.50 Å². The Hall–Kier alpha value is -1.85. The zero-order chi connectivity index (χ0) is 12.9. The molecule has 0 aromatic carbocycles. The highest BCUT2D eigenvalue weighted by Gasteiger charge is 2.27. The third kappa shape index (κ3) is 1.52. The lowest BCUT2D eigenvalue weighted by atomic mass is 9.85. The zero-order valence-electron chi connectivity index (χ0n) is 10.6. The second-order valence-corrected chi connectivity index (χ2v) is 4.97. The Morgan fingerprint density at radius 3 is 2.78 bits per heavy atom. The quantitative estimate of drug-likeness (QED) is 0.887. The van der Waals surface area contributed by atoms with Gasteiger partial charge in [0.05, 0.1) is 17.8 Å². The van der Waals surface area contributed by atoms with Gasteiger partial charge in [-0.2, -0.15) is 5.10 Å².